The van der Waals surface area contributed by atoms with Crippen LogP contribution in [0.1, 0.15) is 10.4 Å². The Morgan fingerprint density at radius 1 is 0.967 bits per heavy atom. The van der Waals surface area contributed by atoms with Gasteiger partial charge in [-0.25, -0.2) is 0 Å². The molecule has 2 N–H and O–H groups in total. The lowest BCUT2D eigenvalue weighted by molar-refractivity contribution is -0.113. The zero-order valence-electron chi connectivity index (χ0n) is 15.9. The van der Waals surface area contributed by atoms with Crippen molar-refractivity contribution in [2.45, 2.75) is 4.90 Å². The van der Waals surface area contributed by atoms with E-state index in [4.69, 9.17) is 27.9 Å². The van der Waals surface area contributed by atoms with Gasteiger partial charge in [-0.3, -0.25) is 9.59 Å². The smallest absolute Gasteiger partial charge is 0.257 e. The van der Waals surface area contributed by atoms with Crippen molar-refractivity contribution in [2.75, 3.05) is 23.5 Å². The monoisotopic (exact) mass is 460 g/mol. The lowest BCUT2D eigenvalue weighted by atomic mass is 10.2. The molecular weight excluding hydrogens is 443 g/mol. The lowest BCUT2D eigenvalue weighted by Gasteiger charge is -2.10. The van der Waals surface area contributed by atoms with E-state index in [0.717, 1.165) is 4.90 Å². The number of anilines is 2. The normalized spacial score (nSPS) is 10.4. The van der Waals surface area contributed by atoms with E-state index in [0.29, 0.717) is 27.7 Å². The number of carbonyl (C=O) groups excluding carboxylic acids is 2. The van der Waals surface area contributed by atoms with Crippen LogP contribution < -0.4 is 15.4 Å². The second-order valence-corrected chi connectivity index (χ2v) is 8.04. The number of carbonyl (C=O) groups is 2. The number of ether oxygens (including phenoxy) is 1. The highest BCUT2D eigenvalue weighted by atomic mass is 35.5. The Labute approximate surface area is 188 Å². The molecule has 0 fully saturated rings. The van der Waals surface area contributed by atoms with Gasteiger partial charge in [0.2, 0.25) is 5.91 Å². The molecule has 0 aliphatic carbocycles. The highest BCUT2D eigenvalue weighted by molar-refractivity contribution is 8.00. The van der Waals surface area contributed by atoms with E-state index in [1.807, 2.05) is 18.2 Å². The molecule has 5 nitrogen and oxygen atoms in total. The van der Waals surface area contributed by atoms with Crippen molar-refractivity contribution < 1.29 is 14.3 Å². The lowest BCUT2D eigenvalue weighted by Crippen LogP contribution is -2.14. The zero-order valence-corrected chi connectivity index (χ0v) is 18.3. The second-order valence-electron chi connectivity index (χ2n) is 6.14. The number of benzene rings is 3. The number of nitrogens with one attached hydrogen (secondary N) is 2. The Balaban J connectivity index is 1.60. The van der Waals surface area contributed by atoms with Gasteiger partial charge in [0.05, 0.1) is 29.1 Å². The summed E-state index contributed by atoms with van der Waals surface area (Å²) in [6.45, 7) is 0. The minimum Gasteiger partial charge on any atom is -0.495 e. The fourth-order valence-corrected chi connectivity index (χ4v) is 3.87. The Morgan fingerprint density at radius 2 is 1.77 bits per heavy atom. The fraction of sp³-hybridized carbons (Fsp3) is 0.0909. The number of methoxy groups -OCH3 is 1. The zero-order chi connectivity index (χ0) is 21.5. The van der Waals surface area contributed by atoms with E-state index in [-0.39, 0.29) is 22.6 Å². The van der Waals surface area contributed by atoms with Gasteiger partial charge < -0.3 is 15.4 Å². The van der Waals surface area contributed by atoms with Crippen molar-refractivity contribution in [3.63, 3.8) is 0 Å². The van der Waals surface area contributed by atoms with E-state index >= 15 is 0 Å². The summed E-state index contributed by atoms with van der Waals surface area (Å²) in [6.07, 6.45) is 0. The molecule has 0 radical (unpaired) electrons. The van der Waals surface area contributed by atoms with Crippen LogP contribution in [0.15, 0.2) is 71.6 Å². The molecule has 8 heteroatoms. The molecule has 3 aromatic carbocycles. The molecule has 3 aromatic rings. The predicted octanol–water partition coefficient (Wildman–Crippen LogP) is 5.99. The third-order valence-electron chi connectivity index (χ3n) is 4.02. The molecule has 0 aromatic heterocycles. The number of halogens is 2. The Bertz CT molecular complexity index is 1080. The van der Waals surface area contributed by atoms with Gasteiger partial charge in [0.15, 0.2) is 0 Å². The first kappa shape index (κ1) is 22.0. The van der Waals surface area contributed by atoms with Gasteiger partial charge in [-0.15, -0.1) is 11.8 Å². The third-order valence-corrected chi connectivity index (χ3v) is 5.56. The molecule has 0 spiro atoms. The van der Waals surface area contributed by atoms with Crippen LogP contribution >= 0.6 is 35.0 Å². The van der Waals surface area contributed by atoms with Crippen LogP contribution in [0.3, 0.4) is 0 Å². The molecular formula is C22H18Cl2N2O3S. The van der Waals surface area contributed by atoms with Gasteiger partial charge in [0.25, 0.3) is 5.91 Å². The minimum absolute atomic E-state index is 0.160. The third kappa shape index (κ3) is 5.92. The van der Waals surface area contributed by atoms with E-state index in [1.165, 1.54) is 17.8 Å². The largest absolute Gasteiger partial charge is 0.495 e. The number of para-hydroxylation sites is 2. The van der Waals surface area contributed by atoms with E-state index in [9.17, 15) is 9.59 Å². The number of hydrogen-bond acceptors (Lipinski definition) is 4. The second kappa shape index (κ2) is 10.4. The summed E-state index contributed by atoms with van der Waals surface area (Å²) in [7, 11) is 1.55. The van der Waals surface area contributed by atoms with Crippen LogP contribution in [0.2, 0.25) is 10.0 Å². The van der Waals surface area contributed by atoms with Crippen LogP contribution in [-0.2, 0) is 4.79 Å². The molecule has 0 saturated carbocycles. The average molecular weight is 461 g/mol. The van der Waals surface area contributed by atoms with Crippen LogP contribution in [0.4, 0.5) is 11.4 Å². The maximum absolute atomic E-state index is 12.5. The summed E-state index contributed by atoms with van der Waals surface area (Å²) in [6, 6.07) is 19.1. The highest BCUT2D eigenvalue weighted by Crippen LogP contribution is 2.26. The van der Waals surface area contributed by atoms with Crippen molar-refractivity contribution >= 4 is 58.2 Å². The molecule has 0 heterocycles. The van der Waals surface area contributed by atoms with E-state index in [1.54, 1.807) is 49.6 Å². The summed E-state index contributed by atoms with van der Waals surface area (Å²) in [5.74, 6) is 0.305. The topological polar surface area (TPSA) is 67.4 Å². The van der Waals surface area contributed by atoms with Gasteiger partial charge >= 0.3 is 0 Å². The summed E-state index contributed by atoms with van der Waals surface area (Å²) in [4.78, 5) is 25.6. The summed E-state index contributed by atoms with van der Waals surface area (Å²) in [5.41, 5.74) is 1.54. The minimum atomic E-state index is -0.340. The van der Waals surface area contributed by atoms with Crippen molar-refractivity contribution in [3.8, 4) is 5.75 Å². The van der Waals surface area contributed by atoms with E-state index in [2.05, 4.69) is 10.6 Å². The first-order valence-corrected chi connectivity index (χ1v) is 10.6. The summed E-state index contributed by atoms with van der Waals surface area (Å²) < 4.78 is 5.23. The van der Waals surface area contributed by atoms with Crippen molar-refractivity contribution in [3.05, 3.63) is 82.3 Å². The molecule has 30 heavy (non-hydrogen) atoms. The first-order valence-electron chi connectivity index (χ1n) is 8.88. The fourth-order valence-electron chi connectivity index (χ4n) is 2.62. The van der Waals surface area contributed by atoms with Crippen LogP contribution in [0, 0.1) is 0 Å². The quantitative estimate of drug-likeness (QED) is 0.425. The van der Waals surface area contributed by atoms with Gasteiger partial charge in [0, 0.05) is 15.6 Å². The number of thioether (sulfide) groups is 1. The summed E-state index contributed by atoms with van der Waals surface area (Å²) >= 11 is 13.3. The standard InChI is InChI=1S/C22H18Cl2N2O3S/c1-29-20-8-3-2-7-19(20)26-21(27)13-30-16-6-4-5-15(12-16)25-22(28)17-10-9-14(23)11-18(17)24/h2-12H,13H2,1H3,(H,25,28)(H,26,27). The Hall–Kier alpha value is -2.67. The molecule has 0 unspecified atom stereocenters. The SMILES string of the molecule is COc1ccccc1NC(=O)CSc1cccc(NC(=O)c2ccc(Cl)cc2Cl)c1. The molecule has 0 aliphatic heterocycles. The molecule has 3 rings (SSSR count). The van der Waals surface area contributed by atoms with Crippen LogP contribution in [-0.4, -0.2) is 24.7 Å². The molecule has 154 valence electrons. The van der Waals surface area contributed by atoms with Crippen LogP contribution in [0.25, 0.3) is 0 Å². The van der Waals surface area contributed by atoms with Crippen molar-refractivity contribution in [1.82, 2.24) is 0 Å². The van der Waals surface area contributed by atoms with Crippen LogP contribution in [0.5, 0.6) is 5.75 Å². The van der Waals surface area contributed by atoms with Gasteiger partial charge in [-0.1, -0.05) is 41.4 Å². The van der Waals surface area contributed by atoms with E-state index < -0.39 is 0 Å². The maximum atomic E-state index is 12.5. The van der Waals surface area contributed by atoms with Crippen molar-refractivity contribution in [2.24, 2.45) is 0 Å². The number of amides is 2. The molecule has 0 bridgehead atoms. The predicted molar refractivity (Wildman–Crippen MR) is 123 cm³/mol. The summed E-state index contributed by atoms with van der Waals surface area (Å²) in [5, 5.41) is 6.37. The Kier molecular flexibility index (Phi) is 7.63. The van der Waals surface area contributed by atoms with Gasteiger partial charge in [0.1, 0.15) is 5.75 Å². The highest BCUT2D eigenvalue weighted by Gasteiger charge is 2.12. The molecule has 2 amide bonds. The molecule has 0 aliphatic rings. The molecule has 0 atom stereocenters. The van der Waals surface area contributed by atoms with Crippen molar-refractivity contribution in [1.29, 1.82) is 0 Å². The first-order chi connectivity index (χ1) is 14.5. The van der Waals surface area contributed by atoms with Gasteiger partial charge in [-0.05, 0) is 48.5 Å². The maximum Gasteiger partial charge on any atom is 0.257 e. The number of hydrogen-bond donors (Lipinski definition) is 2. The van der Waals surface area contributed by atoms with Gasteiger partial charge in [-0.2, -0.15) is 0 Å². The average Bonchev–Trinajstić information content (AvgIpc) is 2.73. The number of rotatable bonds is 7. The Morgan fingerprint density at radius 3 is 2.53 bits per heavy atom. The molecule has 0 saturated heterocycles.